The fourth-order valence-corrected chi connectivity index (χ4v) is 3.54. The van der Waals surface area contributed by atoms with E-state index in [4.69, 9.17) is 11.6 Å². The normalized spacial score (nSPS) is 12.6. The lowest BCUT2D eigenvalue weighted by molar-refractivity contribution is -0.00177. The number of alkyl halides is 1. The minimum Gasteiger partial charge on any atom is -0.387 e. The van der Waals surface area contributed by atoms with Crippen LogP contribution in [0.5, 0.6) is 0 Å². The number of fused-ring (bicyclic) bond motifs is 1. The standard InChI is InChI=1S/C23H26ClFN8O2/c1-4-5-32-13-16(10-29-32)31-18-7-20(33-21-14(8-30-33)6-15(24)9-27-21)26-11-17(18)22(34)28-12-19(25)23(2,3)35/h6-11,13,19,35H,4-5,12H2,1-3H3,(H,26,31)(H,28,34)/t19-/m1/s1. The molecule has 0 aliphatic carbocycles. The van der Waals surface area contributed by atoms with Crippen LogP contribution in [0.3, 0.4) is 0 Å². The molecule has 4 heterocycles. The van der Waals surface area contributed by atoms with Crippen LogP contribution < -0.4 is 10.6 Å². The van der Waals surface area contributed by atoms with Gasteiger partial charge in [0.1, 0.15) is 6.17 Å². The summed E-state index contributed by atoms with van der Waals surface area (Å²) in [6.07, 6.45) is 7.27. The zero-order valence-electron chi connectivity index (χ0n) is 19.5. The van der Waals surface area contributed by atoms with Crippen LogP contribution in [0, 0.1) is 0 Å². The molecule has 0 unspecified atom stereocenters. The number of carbonyl (C=O) groups is 1. The molecule has 4 rings (SSSR count). The van der Waals surface area contributed by atoms with Crippen LogP contribution in [-0.4, -0.2) is 58.9 Å². The van der Waals surface area contributed by atoms with Crippen molar-refractivity contribution < 1.29 is 14.3 Å². The highest BCUT2D eigenvalue weighted by Gasteiger charge is 2.27. The van der Waals surface area contributed by atoms with Gasteiger partial charge in [-0.05, 0) is 26.3 Å². The Balaban J connectivity index is 1.68. The van der Waals surface area contributed by atoms with Crippen molar-refractivity contribution in [3.05, 3.63) is 53.7 Å². The van der Waals surface area contributed by atoms with E-state index >= 15 is 0 Å². The fraction of sp³-hybridized carbons (Fsp3) is 0.348. The Hall–Kier alpha value is -3.57. The molecule has 0 saturated carbocycles. The number of hydrogen-bond donors (Lipinski definition) is 3. The number of halogens is 2. The Labute approximate surface area is 206 Å². The lowest BCUT2D eigenvalue weighted by atomic mass is 10.0. The summed E-state index contributed by atoms with van der Waals surface area (Å²) in [5.74, 6) is -0.135. The first-order valence-corrected chi connectivity index (χ1v) is 11.5. The highest BCUT2D eigenvalue weighted by atomic mass is 35.5. The number of nitrogens with one attached hydrogen (secondary N) is 2. The van der Waals surface area contributed by atoms with Crippen molar-refractivity contribution in [2.45, 2.75) is 45.5 Å². The van der Waals surface area contributed by atoms with Gasteiger partial charge in [0, 0.05) is 36.6 Å². The van der Waals surface area contributed by atoms with E-state index < -0.39 is 17.7 Å². The van der Waals surface area contributed by atoms with Gasteiger partial charge >= 0.3 is 0 Å². The Bertz CT molecular complexity index is 1350. The third-order valence-corrected chi connectivity index (χ3v) is 5.51. The van der Waals surface area contributed by atoms with Crippen molar-refractivity contribution in [3.63, 3.8) is 0 Å². The van der Waals surface area contributed by atoms with Gasteiger partial charge in [-0.1, -0.05) is 18.5 Å². The zero-order chi connectivity index (χ0) is 25.2. The molecule has 0 radical (unpaired) electrons. The van der Waals surface area contributed by atoms with Crippen LogP contribution >= 0.6 is 11.6 Å². The fourth-order valence-electron chi connectivity index (χ4n) is 3.37. The maximum absolute atomic E-state index is 14.2. The van der Waals surface area contributed by atoms with Crippen LogP contribution in [0.25, 0.3) is 16.9 Å². The maximum Gasteiger partial charge on any atom is 0.255 e. The van der Waals surface area contributed by atoms with E-state index in [1.807, 2.05) is 13.1 Å². The topological polar surface area (TPSA) is 123 Å². The Morgan fingerprint density at radius 3 is 2.74 bits per heavy atom. The van der Waals surface area contributed by atoms with E-state index in [0.717, 1.165) is 18.4 Å². The van der Waals surface area contributed by atoms with E-state index in [0.29, 0.717) is 27.9 Å². The van der Waals surface area contributed by atoms with E-state index in [1.165, 1.54) is 30.9 Å². The Kier molecular flexibility index (Phi) is 6.99. The summed E-state index contributed by atoms with van der Waals surface area (Å²) >= 11 is 6.03. The molecular weight excluding hydrogens is 475 g/mol. The lowest BCUT2D eigenvalue weighted by Crippen LogP contribution is -2.42. The maximum atomic E-state index is 14.2. The van der Waals surface area contributed by atoms with Gasteiger partial charge < -0.3 is 15.7 Å². The van der Waals surface area contributed by atoms with E-state index in [1.54, 1.807) is 29.2 Å². The smallest absolute Gasteiger partial charge is 0.255 e. The first kappa shape index (κ1) is 24.6. The molecule has 0 bridgehead atoms. The molecule has 3 N–H and O–H groups in total. The van der Waals surface area contributed by atoms with Gasteiger partial charge in [0.05, 0.1) is 46.5 Å². The SMILES string of the molecule is CCCn1cc(Nc2cc(-n3ncc4cc(Cl)cnc43)ncc2C(=O)NC[C@@H](F)C(C)(C)O)cn1. The molecule has 10 nitrogen and oxygen atoms in total. The van der Waals surface area contributed by atoms with Gasteiger partial charge in [0.25, 0.3) is 5.91 Å². The summed E-state index contributed by atoms with van der Waals surface area (Å²) in [5.41, 5.74) is 0.236. The quantitative estimate of drug-likeness (QED) is 0.320. The third-order valence-electron chi connectivity index (χ3n) is 5.30. The summed E-state index contributed by atoms with van der Waals surface area (Å²) in [7, 11) is 0. The summed E-state index contributed by atoms with van der Waals surface area (Å²) < 4.78 is 17.5. The van der Waals surface area contributed by atoms with E-state index in [-0.39, 0.29) is 12.1 Å². The van der Waals surface area contributed by atoms with Gasteiger partial charge in [0.15, 0.2) is 11.5 Å². The van der Waals surface area contributed by atoms with Crippen molar-refractivity contribution >= 4 is 39.9 Å². The summed E-state index contributed by atoms with van der Waals surface area (Å²) in [4.78, 5) is 21.7. The summed E-state index contributed by atoms with van der Waals surface area (Å²) in [6.45, 7) is 5.13. The van der Waals surface area contributed by atoms with Crippen LogP contribution in [0.2, 0.25) is 5.02 Å². The molecule has 0 fully saturated rings. The van der Waals surface area contributed by atoms with Gasteiger partial charge in [0.2, 0.25) is 0 Å². The molecule has 4 aromatic rings. The molecule has 0 aromatic carbocycles. The Morgan fingerprint density at radius 1 is 1.20 bits per heavy atom. The highest BCUT2D eigenvalue weighted by molar-refractivity contribution is 6.31. The van der Waals surface area contributed by atoms with Gasteiger partial charge in [-0.15, -0.1) is 0 Å². The van der Waals surface area contributed by atoms with Crippen LogP contribution in [-0.2, 0) is 6.54 Å². The van der Waals surface area contributed by atoms with Gasteiger partial charge in [-0.2, -0.15) is 14.9 Å². The molecule has 1 amide bonds. The molecule has 12 heteroatoms. The number of rotatable bonds is 9. The molecule has 0 spiro atoms. The molecule has 184 valence electrons. The predicted molar refractivity (Wildman–Crippen MR) is 131 cm³/mol. The number of carbonyl (C=O) groups excluding carboxylic acids is 1. The van der Waals surface area contributed by atoms with Crippen molar-refractivity contribution in [2.24, 2.45) is 0 Å². The summed E-state index contributed by atoms with van der Waals surface area (Å²) in [6, 6.07) is 3.39. The van der Waals surface area contributed by atoms with Crippen LogP contribution in [0.1, 0.15) is 37.6 Å². The lowest BCUT2D eigenvalue weighted by Gasteiger charge is -2.22. The first-order chi connectivity index (χ1) is 16.7. The number of hydrogen-bond acceptors (Lipinski definition) is 7. The van der Waals surface area contributed by atoms with Crippen molar-refractivity contribution in [1.29, 1.82) is 0 Å². The number of nitrogens with zero attached hydrogens (tertiary/aromatic N) is 6. The monoisotopic (exact) mass is 500 g/mol. The van der Waals surface area contributed by atoms with Gasteiger partial charge in [-0.25, -0.2) is 14.4 Å². The van der Waals surface area contributed by atoms with Crippen LogP contribution in [0.4, 0.5) is 15.8 Å². The minimum atomic E-state index is -1.64. The Morgan fingerprint density at radius 2 is 2.00 bits per heavy atom. The number of aryl methyl sites for hydroxylation is 1. The molecule has 0 aliphatic heterocycles. The number of anilines is 2. The van der Waals surface area contributed by atoms with Crippen LogP contribution in [0.15, 0.2) is 43.1 Å². The molecular formula is C23H26ClFN8O2. The second-order valence-electron chi connectivity index (χ2n) is 8.66. The molecule has 1 atom stereocenters. The van der Waals surface area contributed by atoms with E-state index in [2.05, 4.69) is 30.8 Å². The molecule has 4 aromatic heterocycles. The number of aliphatic hydroxyl groups is 1. The largest absolute Gasteiger partial charge is 0.387 e. The predicted octanol–water partition coefficient (Wildman–Crippen LogP) is 3.66. The average Bonchev–Trinajstić information content (AvgIpc) is 3.43. The van der Waals surface area contributed by atoms with Crippen molar-refractivity contribution in [1.82, 2.24) is 34.8 Å². The van der Waals surface area contributed by atoms with E-state index in [9.17, 15) is 14.3 Å². The minimum absolute atomic E-state index is 0.187. The number of amides is 1. The average molecular weight is 501 g/mol. The molecule has 0 saturated heterocycles. The van der Waals surface area contributed by atoms with Crippen molar-refractivity contribution in [2.75, 3.05) is 11.9 Å². The first-order valence-electron chi connectivity index (χ1n) is 11.1. The number of pyridine rings is 2. The zero-order valence-corrected chi connectivity index (χ0v) is 20.3. The summed E-state index contributed by atoms with van der Waals surface area (Å²) in [5, 5.41) is 25.4. The van der Waals surface area contributed by atoms with Crippen molar-refractivity contribution in [3.8, 4) is 5.82 Å². The molecule has 35 heavy (non-hydrogen) atoms. The van der Waals surface area contributed by atoms with Gasteiger partial charge in [-0.3, -0.25) is 9.48 Å². The highest BCUT2D eigenvalue weighted by Crippen LogP contribution is 2.25. The third kappa shape index (κ3) is 5.57. The second kappa shape index (κ2) is 9.96. The number of aromatic nitrogens is 6. The second-order valence-corrected chi connectivity index (χ2v) is 9.10. The molecule has 0 aliphatic rings.